The van der Waals surface area contributed by atoms with Gasteiger partial charge in [-0.3, -0.25) is 9.88 Å². The van der Waals surface area contributed by atoms with Gasteiger partial charge in [0.05, 0.1) is 16.9 Å². The first-order valence-electron chi connectivity index (χ1n) is 11.8. The minimum atomic E-state index is 0.634. The zero-order chi connectivity index (χ0) is 21.3. The maximum atomic E-state index is 5.94. The average Bonchev–Trinajstić information content (AvgIpc) is 2.88. The van der Waals surface area contributed by atoms with Crippen molar-refractivity contribution in [2.24, 2.45) is 0 Å². The highest BCUT2D eigenvalue weighted by Crippen LogP contribution is 2.40. The molecule has 0 saturated carbocycles. The third-order valence-corrected chi connectivity index (χ3v) is 7.13. The number of hydrogen-bond donors (Lipinski definition) is 0. The second kappa shape index (κ2) is 8.51. The molecule has 6 heteroatoms. The number of anilines is 2. The molecule has 0 amide bonds. The molecule has 0 atom stereocenters. The van der Waals surface area contributed by atoms with Crippen LogP contribution in [0.1, 0.15) is 12.8 Å². The molecule has 1 aromatic heterocycles. The summed E-state index contributed by atoms with van der Waals surface area (Å²) in [6, 6.07) is 17.6. The number of nitrogens with zero attached hydrogens (tertiary/aromatic N) is 4. The Kier molecular flexibility index (Phi) is 5.23. The van der Waals surface area contributed by atoms with Gasteiger partial charge in [0.25, 0.3) is 0 Å². The molecule has 4 heterocycles. The molecule has 2 saturated heterocycles. The molecule has 0 aliphatic carbocycles. The molecule has 2 aromatic carbocycles. The number of hydrogen-bond acceptors (Lipinski definition) is 6. The molecule has 3 aliphatic heterocycles. The normalized spacial score (nSPS) is 20.0. The van der Waals surface area contributed by atoms with Crippen molar-refractivity contribution >= 4 is 22.3 Å². The van der Waals surface area contributed by atoms with Crippen LogP contribution in [0.3, 0.4) is 0 Å². The fraction of sp³-hybridized carbons (Fsp3) is 0.423. The van der Waals surface area contributed by atoms with Crippen molar-refractivity contribution in [2.75, 3.05) is 62.3 Å². The van der Waals surface area contributed by atoms with Crippen LogP contribution in [0.4, 0.5) is 11.4 Å². The van der Waals surface area contributed by atoms with Crippen LogP contribution in [-0.2, 0) is 0 Å². The molecule has 2 fully saturated rings. The van der Waals surface area contributed by atoms with Gasteiger partial charge in [-0.05, 0) is 37.1 Å². The molecule has 166 valence electrons. The lowest BCUT2D eigenvalue weighted by atomic mass is 10.0. The Labute approximate surface area is 189 Å². The Bertz CT molecular complexity index is 1080. The van der Waals surface area contributed by atoms with Crippen LogP contribution in [0.5, 0.6) is 11.5 Å². The molecule has 0 spiro atoms. The van der Waals surface area contributed by atoms with Gasteiger partial charge < -0.3 is 19.3 Å². The van der Waals surface area contributed by atoms with E-state index in [9.17, 15) is 0 Å². The first-order valence-corrected chi connectivity index (χ1v) is 11.8. The summed E-state index contributed by atoms with van der Waals surface area (Å²) in [4.78, 5) is 12.3. The van der Waals surface area contributed by atoms with Crippen LogP contribution in [0.2, 0.25) is 0 Å². The highest BCUT2D eigenvalue weighted by Gasteiger charge is 2.29. The van der Waals surface area contributed by atoms with E-state index in [2.05, 4.69) is 56.1 Å². The molecular weight excluding hydrogens is 400 g/mol. The zero-order valence-corrected chi connectivity index (χ0v) is 18.4. The number of piperazine rings is 1. The number of fused-ring (bicyclic) bond motifs is 2. The molecule has 0 bridgehead atoms. The van der Waals surface area contributed by atoms with Crippen molar-refractivity contribution in [1.82, 2.24) is 9.88 Å². The third kappa shape index (κ3) is 3.62. The van der Waals surface area contributed by atoms with E-state index < -0.39 is 0 Å². The summed E-state index contributed by atoms with van der Waals surface area (Å²) < 4.78 is 11.7. The van der Waals surface area contributed by atoms with Gasteiger partial charge >= 0.3 is 0 Å². The summed E-state index contributed by atoms with van der Waals surface area (Å²) >= 11 is 0. The van der Waals surface area contributed by atoms with E-state index in [1.54, 1.807) is 0 Å². The largest absolute Gasteiger partial charge is 0.486 e. The summed E-state index contributed by atoms with van der Waals surface area (Å²) in [5.41, 5.74) is 3.59. The van der Waals surface area contributed by atoms with Crippen LogP contribution in [0.15, 0.2) is 54.7 Å². The van der Waals surface area contributed by atoms with Gasteiger partial charge in [-0.2, -0.15) is 0 Å². The molecule has 32 heavy (non-hydrogen) atoms. The van der Waals surface area contributed by atoms with Gasteiger partial charge in [0.15, 0.2) is 11.5 Å². The van der Waals surface area contributed by atoms with Crippen molar-refractivity contribution in [3.8, 4) is 11.5 Å². The summed E-state index contributed by atoms with van der Waals surface area (Å²) in [5.74, 6) is 1.80. The average molecular weight is 431 g/mol. The van der Waals surface area contributed by atoms with Crippen molar-refractivity contribution in [2.45, 2.75) is 18.9 Å². The van der Waals surface area contributed by atoms with E-state index in [0.717, 1.165) is 56.3 Å². The van der Waals surface area contributed by atoms with Crippen molar-refractivity contribution in [3.05, 3.63) is 54.7 Å². The van der Waals surface area contributed by atoms with Gasteiger partial charge in [0.1, 0.15) is 13.2 Å². The lowest BCUT2D eigenvalue weighted by molar-refractivity contribution is 0.157. The Morgan fingerprint density at radius 2 is 1.44 bits per heavy atom. The fourth-order valence-electron chi connectivity index (χ4n) is 5.45. The summed E-state index contributed by atoms with van der Waals surface area (Å²) in [6.45, 7) is 7.74. The van der Waals surface area contributed by atoms with Crippen LogP contribution >= 0.6 is 0 Å². The third-order valence-electron chi connectivity index (χ3n) is 7.13. The van der Waals surface area contributed by atoms with E-state index >= 15 is 0 Å². The zero-order valence-electron chi connectivity index (χ0n) is 18.4. The summed E-state index contributed by atoms with van der Waals surface area (Å²) in [5, 5.41) is 1.22. The molecule has 3 aromatic rings. The number of rotatable bonds is 3. The Morgan fingerprint density at radius 1 is 0.719 bits per heavy atom. The minimum absolute atomic E-state index is 0.634. The minimum Gasteiger partial charge on any atom is -0.486 e. The Balaban J connectivity index is 1.08. The second-order valence-electron chi connectivity index (χ2n) is 8.89. The Morgan fingerprint density at radius 3 is 2.31 bits per heavy atom. The summed E-state index contributed by atoms with van der Waals surface area (Å²) in [7, 11) is 0. The molecule has 0 unspecified atom stereocenters. The number of piperidine rings is 1. The molecule has 6 nitrogen and oxygen atoms in total. The van der Waals surface area contributed by atoms with E-state index in [4.69, 9.17) is 9.47 Å². The number of pyridine rings is 1. The maximum Gasteiger partial charge on any atom is 0.184 e. The molecule has 6 rings (SSSR count). The lowest BCUT2D eigenvalue weighted by Gasteiger charge is -2.44. The van der Waals surface area contributed by atoms with E-state index in [0.29, 0.717) is 19.3 Å². The SMILES string of the molecule is c1cc2c(c(N3CCN(C4CCN(c5cccc6cccnc56)CC4)CC3)c1)OCCO2. The van der Waals surface area contributed by atoms with E-state index in [1.165, 1.54) is 29.6 Å². The van der Waals surface area contributed by atoms with Crippen molar-refractivity contribution in [3.63, 3.8) is 0 Å². The fourth-order valence-corrected chi connectivity index (χ4v) is 5.45. The highest BCUT2D eigenvalue weighted by atomic mass is 16.6. The Hall–Kier alpha value is -2.99. The van der Waals surface area contributed by atoms with Crippen LogP contribution in [0, 0.1) is 0 Å². The first kappa shape index (κ1) is 19.7. The highest BCUT2D eigenvalue weighted by molar-refractivity contribution is 5.90. The number of aromatic nitrogens is 1. The smallest absolute Gasteiger partial charge is 0.184 e. The van der Waals surface area contributed by atoms with Crippen molar-refractivity contribution in [1.29, 1.82) is 0 Å². The summed E-state index contributed by atoms with van der Waals surface area (Å²) in [6.07, 6.45) is 4.32. The number of para-hydroxylation sites is 2. The molecule has 0 radical (unpaired) electrons. The van der Waals surface area contributed by atoms with Gasteiger partial charge in [-0.15, -0.1) is 0 Å². The number of benzene rings is 2. The lowest BCUT2D eigenvalue weighted by Crippen LogP contribution is -2.53. The molecule has 3 aliphatic rings. The van der Waals surface area contributed by atoms with Crippen LogP contribution in [-0.4, -0.2) is 68.4 Å². The molecule has 0 N–H and O–H groups in total. The maximum absolute atomic E-state index is 5.94. The van der Waals surface area contributed by atoms with E-state index in [1.807, 2.05) is 18.3 Å². The van der Waals surface area contributed by atoms with Gasteiger partial charge in [-0.1, -0.05) is 24.3 Å². The quantitative estimate of drug-likeness (QED) is 0.630. The predicted octanol–water partition coefficient (Wildman–Crippen LogP) is 3.80. The van der Waals surface area contributed by atoms with Gasteiger partial charge in [0.2, 0.25) is 0 Å². The van der Waals surface area contributed by atoms with Gasteiger partial charge in [0, 0.05) is 56.9 Å². The predicted molar refractivity (Wildman–Crippen MR) is 128 cm³/mol. The first-order chi connectivity index (χ1) is 15.9. The second-order valence-corrected chi connectivity index (χ2v) is 8.89. The van der Waals surface area contributed by atoms with Crippen LogP contribution < -0.4 is 19.3 Å². The van der Waals surface area contributed by atoms with Gasteiger partial charge in [-0.25, -0.2) is 0 Å². The van der Waals surface area contributed by atoms with E-state index in [-0.39, 0.29) is 0 Å². The topological polar surface area (TPSA) is 41.1 Å². The standard InChI is InChI=1S/C26H30N4O2/c1-4-20-5-3-11-27-25(20)22(6-1)29-12-9-21(10-13-29)28-14-16-30(17-15-28)23-7-2-8-24-26(23)32-19-18-31-24/h1-8,11,21H,9-10,12-19H2. The monoisotopic (exact) mass is 430 g/mol. The van der Waals surface area contributed by atoms with Crippen LogP contribution in [0.25, 0.3) is 10.9 Å². The van der Waals surface area contributed by atoms with Crippen molar-refractivity contribution < 1.29 is 9.47 Å². The number of ether oxygens (including phenoxy) is 2. The molecular formula is C26H30N4O2.